The Labute approximate surface area is 150 Å². The zero-order chi connectivity index (χ0) is 18.8. The molecule has 0 amide bonds. The lowest BCUT2D eigenvalue weighted by atomic mass is 10.1. The zero-order valence-electron chi connectivity index (χ0n) is 14.8. The average Bonchev–Trinajstić information content (AvgIpc) is 2.60. The fourth-order valence-corrected chi connectivity index (χ4v) is 2.67. The number of halogens is 1. The van der Waals surface area contributed by atoms with Gasteiger partial charge in [0, 0.05) is 5.39 Å². The number of hydrogen-bond donors (Lipinski definition) is 0. The number of benzene rings is 2. The number of carbonyl (C=O) groups is 1. The molecule has 0 fully saturated rings. The van der Waals surface area contributed by atoms with Crippen molar-refractivity contribution in [1.29, 1.82) is 5.26 Å². The van der Waals surface area contributed by atoms with Crippen molar-refractivity contribution in [3.8, 4) is 11.9 Å². The fraction of sp³-hybridized carbons (Fsp3) is 0.190. The predicted octanol–water partition coefficient (Wildman–Crippen LogP) is 4.43. The molecule has 3 aromatic rings. The van der Waals surface area contributed by atoms with Gasteiger partial charge in [0.25, 0.3) is 0 Å². The van der Waals surface area contributed by atoms with Crippen molar-refractivity contribution < 1.29 is 13.9 Å². The Balaban J connectivity index is 1.89. The van der Waals surface area contributed by atoms with Crippen LogP contribution in [-0.4, -0.2) is 17.4 Å². The monoisotopic (exact) mass is 348 g/mol. The molecule has 1 aromatic heterocycles. The lowest BCUT2D eigenvalue weighted by molar-refractivity contribution is 0.0914. The average molecular weight is 348 g/mol. The first-order chi connectivity index (χ1) is 12.4. The molecule has 0 aliphatic carbocycles. The van der Waals surface area contributed by atoms with Gasteiger partial charge in [-0.3, -0.25) is 4.79 Å². The van der Waals surface area contributed by atoms with Gasteiger partial charge in [0.05, 0.1) is 11.1 Å². The lowest BCUT2D eigenvalue weighted by Gasteiger charge is -2.10. The molecule has 5 heteroatoms. The molecule has 0 atom stereocenters. The largest absolute Gasteiger partial charge is 0.468 e. The van der Waals surface area contributed by atoms with Gasteiger partial charge >= 0.3 is 0 Å². The summed E-state index contributed by atoms with van der Waals surface area (Å²) >= 11 is 0. The van der Waals surface area contributed by atoms with Gasteiger partial charge in [-0.2, -0.15) is 5.26 Å². The van der Waals surface area contributed by atoms with E-state index in [9.17, 15) is 14.4 Å². The molecule has 0 unspecified atom stereocenters. The number of carbonyl (C=O) groups excluding carboxylic acids is 1. The van der Waals surface area contributed by atoms with Gasteiger partial charge in [0.2, 0.25) is 11.7 Å². The van der Waals surface area contributed by atoms with Crippen molar-refractivity contribution in [3.05, 3.63) is 70.0 Å². The van der Waals surface area contributed by atoms with Crippen molar-refractivity contribution >= 4 is 16.7 Å². The summed E-state index contributed by atoms with van der Waals surface area (Å²) in [6.07, 6.45) is 0. The van der Waals surface area contributed by atoms with Gasteiger partial charge in [0.15, 0.2) is 6.61 Å². The van der Waals surface area contributed by atoms with Crippen LogP contribution in [0.5, 0.6) is 5.88 Å². The van der Waals surface area contributed by atoms with Crippen molar-refractivity contribution in [1.82, 2.24) is 4.98 Å². The first kappa shape index (κ1) is 17.6. The van der Waals surface area contributed by atoms with Crippen molar-refractivity contribution in [2.24, 2.45) is 0 Å². The van der Waals surface area contributed by atoms with Crippen LogP contribution >= 0.6 is 0 Å². The maximum absolute atomic E-state index is 13.9. The Hall–Kier alpha value is -3.26. The summed E-state index contributed by atoms with van der Waals surface area (Å²) in [5.41, 5.74) is 3.77. The molecule has 0 aliphatic rings. The molecule has 130 valence electrons. The van der Waals surface area contributed by atoms with Crippen LogP contribution < -0.4 is 4.74 Å². The number of hydrogen-bond acceptors (Lipinski definition) is 4. The fourth-order valence-electron chi connectivity index (χ4n) is 2.67. The van der Waals surface area contributed by atoms with Gasteiger partial charge in [-0.25, -0.2) is 9.37 Å². The van der Waals surface area contributed by atoms with Gasteiger partial charge in [-0.05, 0) is 67.8 Å². The summed E-state index contributed by atoms with van der Waals surface area (Å²) in [6.45, 7) is 5.31. The molecular weight excluding hydrogens is 331 g/mol. The first-order valence-corrected chi connectivity index (χ1v) is 8.13. The van der Waals surface area contributed by atoms with Gasteiger partial charge in [-0.1, -0.05) is 6.07 Å². The molecule has 3 rings (SSSR count). The van der Waals surface area contributed by atoms with Crippen LogP contribution in [0.25, 0.3) is 10.9 Å². The minimum absolute atomic E-state index is 0.0404. The quantitative estimate of drug-likeness (QED) is 0.654. The van der Waals surface area contributed by atoms with E-state index < -0.39 is 18.2 Å². The van der Waals surface area contributed by atoms with Crippen molar-refractivity contribution in [3.63, 3.8) is 0 Å². The summed E-state index contributed by atoms with van der Waals surface area (Å²) in [7, 11) is 0. The highest BCUT2D eigenvalue weighted by molar-refractivity contribution is 5.97. The molecular formula is C21H17FN2O2. The molecule has 26 heavy (non-hydrogen) atoms. The summed E-state index contributed by atoms with van der Waals surface area (Å²) in [6, 6.07) is 12.0. The highest BCUT2D eigenvalue weighted by Crippen LogP contribution is 2.24. The van der Waals surface area contributed by atoms with E-state index in [1.165, 1.54) is 12.1 Å². The Morgan fingerprint density at radius 3 is 2.58 bits per heavy atom. The molecule has 4 nitrogen and oxygen atoms in total. The molecule has 0 bridgehead atoms. The van der Waals surface area contributed by atoms with Crippen LogP contribution in [0.1, 0.15) is 32.6 Å². The first-order valence-electron chi connectivity index (χ1n) is 8.13. The van der Waals surface area contributed by atoms with E-state index in [4.69, 9.17) is 4.74 Å². The molecule has 0 saturated heterocycles. The van der Waals surface area contributed by atoms with Crippen LogP contribution in [-0.2, 0) is 0 Å². The highest BCUT2D eigenvalue weighted by Gasteiger charge is 2.15. The van der Waals surface area contributed by atoms with E-state index in [-0.39, 0.29) is 17.0 Å². The van der Waals surface area contributed by atoms with Crippen LogP contribution in [0.2, 0.25) is 0 Å². The Kier molecular flexibility index (Phi) is 4.68. The van der Waals surface area contributed by atoms with Gasteiger partial charge < -0.3 is 4.74 Å². The summed E-state index contributed by atoms with van der Waals surface area (Å²) < 4.78 is 19.4. The molecule has 0 spiro atoms. The number of rotatable bonds is 4. The molecule has 0 N–H and O–H groups in total. The van der Waals surface area contributed by atoms with Gasteiger partial charge in [-0.15, -0.1) is 0 Å². The predicted molar refractivity (Wildman–Crippen MR) is 96.9 cm³/mol. The van der Waals surface area contributed by atoms with Crippen molar-refractivity contribution in [2.75, 3.05) is 6.61 Å². The molecule has 0 aliphatic heterocycles. The summed E-state index contributed by atoms with van der Waals surface area (Å²) in [5, 5.41) is 10.2. The van der Waals surface area contributed by atoms with Crippen LogP contribution in [0.4, 0.5) is 4.39 Å². The van der Waals surface area contributed by atoms with Gasteiger partial charge in [0.1, 0.15) is 17.4 Å². The zero-order valence-corrected chi connectivity index (χ0v) is 14.8. The van der Waals surface area contributed by atoms with Crippen LogP contribution in [0.15, 0.2) is 36.4 Å². The second-order valence-corrected chi connectivity index (χ2v) is 6.28. The topological polar surface area (TPSA) is 63.0 Å². The number of Topliss-reactive ketones (excluding diaryl/α,β-unsaturated/α-hetero) is 1. The van der Waals surface area contributed by atoms with E-state index >= 15 is 0 Å². The molecule has 0 saturated carbocycles. The number of pyridine rings is 1. The Morgan fingerprint density at radius 2 is 1.88 bits per heavy atom. The number of ketones is 1. The van der Waals surface area contributed by atoms with E-state index in [2.05, 4.69) is 4.98 Å². The summed E-state index contributed by atoms with van der Waals surface area (Å²) in [4.78, 5) is 16.6. The third-order valence-electron chi connectivity index (χ3n) is 4.28. The number of fused-ring (bicyclic) bond motifs is 1. The third-order valence-corrected chi connectivity index (χ3v) is 4.28. The third kappa shape index (κ3) is 3.40. The lowest BCUT2D eigenvalue weighted by Crippen LogP contribution is -2.14. The van der Waals surface area contributed by atoms with E-state index in [1.807, 2.05) is 32.0 Å². The molecule has 0 radical (unpaired) electrons. The van der Waals surface area contributed by atoms with Crippen LogP contribution in [0.3, 0.4) is 0 Å². The standard InChI is InChI=1S/C21H17FN2O2/c1-12-4-5-17(18(22)6-12)20(25)11-26-21-16(10-23)9-15-7-13(2)14(3)8-19(15)24-21/h4-9H,11H2,1-3H3. The maximum atomic E-state index is 13.9. The number of ether oxygens (including phenoxy) is 1. The minimum Gasteiger partial charge on any atom is -0.468 e. The normalized spacial score (nSPS) is 10.6. The summed E-state index contributed by atoms with van der Waals surface area (Å²) in [5.74, 6) is -1.02. The minimum atomic E-state index is -0.586. The second kappa shape index (κ2) is 6.93. The van der Waals surface area contributed by atoms with Crippen molar-refractivity contribution in [2.45, 2.75) is 20.8 Å². The van der Waals surface area contributed by atoms with E-state index in [0.29, 0.717) is 5.52 Å². The number of aromatic nitrogens is 1. The highest BCUT2D eigenvalue weighted by atomic mass is 19.1. The smallest absolute Gasteiger partial charge is 0.232 e. The number of nitrogens with zero attached hydrogens (tertiary/aromatic N) is 2. The van der Waals surface area contributed by atoms with E-state index in [1.54, 1.807) is 19.1 Å². The molecule has 2 aromatic carbocycles. The number of aryl methyl sites for hydroxylation is 3. The Morgan fingerprint density at radius 1 is 1.15 bits per heavy atom. The second-order valence-electron chi connectivity index (χ2n) is 6.28. The van der Waals surface area contributed by atoms with E-state index in [0.717, 1.165) is 22.1 Å². The maximum Gasteiger partial charge on any atom is 0.232 e. The number of nitriles is 1. The SMILES string of the molecule is Cc1ccc(C(=O)COc2nc3cc(C)c(C)cc3cc2C#N)c(F)c1. The van der Waals surface area contributed by atoms with Crippen LogP contribution in [0, 0.1) is 37.9 Å². The molecule has 1 heterocycles. The Bertz CT molecular complexity index is 1070.